The Hall–Kier alpha value is -2.40. The summed E-state index contributed by atoms with van der Waals surface area (Å²) in [5.41, 5.74) is 1.08. The highest BCUT2D eigenvalue weighted by Gasteiger charge is 2.16. The maximum Gasteiger partial charge on any atom is 0.234 e. The third-order valence-electron chi connectivity index (χ3n) is 2.61. The average molecular weight is 291 g/mol. The summed E-state index contributed by atoms with van der Waals surface area (Å²) < 4.78 is 27.6. The molecule has 104 valence electrons. The normalized spacial score (nSPS) is 11.0. The van der Waals surface area contributed by atoms with Crippen molar-refractivity contribution in [1.82, 2.24) is 14.8 Å². The highest BCUT2D eigenvalue weighted by atomic mass is 32.2. The van der Waals surface area contributed by atoms with Gasteiger partial charge >= 0.3 is 0 Å². The molecule has 0 fully saturated rings. The maximum absolute atomic E-state index is 12.0. The van der Waals surface area contributed by atoms with Gasteiger partial charge in [-0.2, -0.15) is 10.4 Å². The Kier molecular flexibility index (Phi) is 4.00. The fourth-order valence-electron chi connectivity index (χ4n) is 1.65. The molecule has 0 aliphatic heterocycles. The van der Waals surface area contributed by atoms with Crippen LogP contribution < -0.4 is 4.72 Å². The number of sulfonamides is 1. The molecule has 0 aliphatic carbocycles. The Morgan fingerprint density at radius 3 is 2.75 bits per heavy atom. The second-order valence-electron chi connectivity index (χ2n) is 4.20. The summed E-state index contributed by atoms with van der Waals surface area (Å²) in [6, 6.07) is 5.42. The van der Waals surface area contributed by atoms with E-state index in [0.717, 1.165) is 5.56 Å². The molecule has 2 rings (SSSR count). The van der Waals surface area contributed by atoms with Crippen molar-refractivity contribution in [3.63, 3.8) is 0 Å². The molecule has 0 radical (unpaired) electrons. The van der Waals surface area contributed by atoms with Gasteiger partial charge in [-0.3, -0.25) is 14.4 Å². The van der Waals surface area contributed by atoms with E-state index in [9.17, 15) is 8.42 Å². The Labute approximate surface area is 116 Å². The third kappa shape index (κ3) is 3.55. The Bertz CT molecular complexity index is 731. The molecule has 2 aromatic rings. The molecule has 8 heteroatoms. The molecule has 0 saturated heterocycles. The minimum Gasteiger partial charge on any atom is -0.272 e. The van der Waals surface area contributed by atoms with Crippen LogP contribution in [-0.4, -0.2) is 28.9 Å². The Balaban J connectivity index is 2.06. The number of aromatic nitrogens is 3. The molecule has 2 heterocycles. The van der Waals surface area contributed by atoms with Crippen LogP contribution in [0.15, 0.2) is 30.7 Å². The summed E-state index contributed by atoms with van der Waals surface area (Å²) in [6.07, 6.45) is 5.05. The first-order valence-electron chi connectivity index (χ1n) is 5.83. The molecule has 0 atom stereocenters. The van der Waals surface area contributed by atoms with E-state index in [2.05, 4.69) is 14.8 Å². The molecular weight excluding hydrogens is 278 g/mol. The van der Waals surface area contributed by atoms with Crippen LogP contribution >= 0.6 is 0 Å². The first-order chi connectivity index (χ1) is 9.50. The molecule has 0 amide bonds. The molecule has 0 aliphatic rings. The van der Waals surface area contributed by atoms with E-state index in [0.29, 0.717) is 6.42 Å². The quantitative estimate of drug-likeness (QED) is 0.872. The topological polar surface area (TPSA) is 101 Å². The average Bonchev–Trinajstić information content (AvgIpc) is 2.77. The Morgan fingerprint density at radius 1 is 1.40 bits per heavy atom. The first-order valence-corrected chi connectivity index (χ1v) is 7.48. The second kappa shape index (κ2) is 5.71. The highest BCUT2D eigenvalue weighted by Crippen LogP contribution is 2.13. The number of hydrogen-bond acceptors (Lipinski definition) is 5. The van der Waals surface area contributed by atoms with E-state index in [-0.39, 0.29) is 17.1 Å². The van der Waals surface area contributed by atoms with Gasteiger partial charge in [0, 0.05) is 25.6 Å². The summed E-state index contributed by atoms with van der Waals surface area (Å²) in [4.78, 5) is 3.87. The molecule has 0 unspecified atom stereocenters. The van der Waals surface area contributed by atoms with Gasteiger partial charge in [-0.1, -0.05) is 0 Å². The van der Waals surface area contributed by atoms with Gasteiger partial charge in [0.05, 0.1) is 5.75 Å². The van der Waals surface area contributed by atoms with Crippen molar-refractivity contribution in [3.8, 4) is 6.07 Å². The zero-order valence-corrected chi connectivity index (χ0v) is 11.6. The van der Waals surface area contributed by atoms with E-state index in [1.165, 1.54) is 10.9 Å². The number of nitriles is 1. The standard InChI is InChI=1S/C12H13N5O2S/c1-17-9-11(8-13)12(15-17)16-20(18,19)7-4-10-2-5-14-6-3-10/h2-3,5-6,9H,4,7H2,1H3,(H,15,16). The van der Waals surface area contributed by atoms with Crippen molar-refractivity contribution in [2.75, 3.05) is 10.5 Å². The summed E-state index contributed by atoms with van der Waals surface area (Å²) in [7, 11) is -1.93. The van der Waals surface area contributed by atoms with Crippen molar-refractivity contribution in [1.29, 1.82) is 5.26 Å². The van der Waals surface area contributed by atoms with Gasteiger partial charge in [-0.05, 0) is 24.1 Å². The summed E-state index contributed by atoms with van der Waals surface area (Å²) in [5.74, 6) is -0.0249. The first kappa shape index (κ1) is 14.0. The summed E-state index contributed by atoms with van der Waals surface area (Å²) in [6.45, 7) is 0. The van der Waals surface area contributed by atoms with Crippen molar-refractivity contribution in [2.45, 2.75) is 6.42 Å². The van der Waals surface area contributed by atoms with Crippen LogP contribution in [0.5, 0.6) is 0 Å². The van der Waals surface area contributed by atoms with Gasteiger partial charge in [0.25, 0.3) is 0 Å². The maximum atomic E-state index is 12.0. The molecule has 7 nitrogen and oxygen atoms in total. The van der Waals surface area contributed by atoms with Gasteiger partial charge in [-0.25, -0.2) is 8.42 Å². The van der Waals surface area contributed by atoms with E-state index < -0.39 is 10.0 Å². The fraction of sp³-hybridized carbons (Fsp3) is 0.250. The highest BCUT2D eigenvalue weighted by molar-refractivity contribution is 7.92. The smallest absolute Gasteiger partial charge is 0.234 e. The van der Waals surface area contributed by atoms with Gasteiger partial charge in [-0.15, -0.1) is 0 Å². The van der Waals surface area contributed by atoms with Gasteiger partial charge < -0.3 is 0 Å². The SMILES string of the molecule is Cn1cc(C#N)c(NS(=O)(=O)CCc2ccncc2)n1. The summed E-state index contributed by atoms with van der Waals surface area (Å²) >= 11 is 0. The molecular formula is C12H13N5O2S. The van der Waals surface area contributed by atoms with Gasteiger partial charge in [0.2, 0.25) is 10.0 Å². The van der Waals surface area contributed by atoms with E-state index >= 15 is 0 Å². The zero-order valence-electron chi connectivity index (χ0n) is 10.8. The number of pyridine rings is 1. The van der Waals surface area contributed by atoms with Crippen molar-refractivity contribution < 1.29 is 8.42 Å². The molecule has 0 bridgehead atoms. The van der Waals surface area contributed by atoms with Gasteiger partial charge in [0.15, 0.2) is 5.82 Å². The minimum atomic E-state index is -3.55. The fourth-order valence-corrected chi connectivity index (χ4v) is 2.70. The van der Waals surface area contributed by atoms with Crippen LogP contribution in [-0.2, 0) is 23.5 Å². The third-order valence-corrected chi connectivity index (χ3v) is 3.86. The van der Waals surface area contributed by atoms with Crippen molar-refractivity contribution >= 4 is 15.8 Å². The van der Waals surface area contributed by atoms with Crippen LogP contribution in [0.4, 0.5) is 5.82 Å². The van der Waals surface area contributed by atoms with Crippen LogP contribution in [0.2, 0.25) is 0 Å². The summed E-state index contributed by atoms with van der Waals surface area (Å²) in [5, 5.41) is 12.8. The van der Waals surface area contributed by atoms with E-state index in [1.54, 1.807) is 31.6 Å². The number of anilines is 1. The predicted molar refractivity (Wildman–Crippen MR) is 73.3 cm³/mol. The molecule has 2 aromatic heterocycles. The molecule has 1 N–H and O–H groups in total. The van der Waals surface area contributed by atoms with Crippen LogP contribution in [0.3, 0.4) is 0 Å². The predicted octanol–water partition coefficient (Wildman–Crippen LogP) is 0.671. The number of rotatable bonds is 5. The number of aryl methyl sites for hydroxylation is 2. The lowest BCUT2D eigenvalue weighted by atomic mass is 10.2. The monoisotopic (exact) mass is 291 g/mol. The van der Waals surface area contributed by atoms with Crippen molar-refractivity contribution in [2.24, 2.45) is 7.05 Å². The van der Waals surface area contributed by atoms with Crippen LogP contribution in [0, 0.1) is 11.3 Å². The molecule has 0 saturated carbocycles. The molecule has 0 aromatic carbocycles. The van der Waals surface area contributed by atoms with E-state index in [1.807, 2.05) is 6.07 Å². The molecule has 0 spiro atoms. The second-order valence-corrected chi connectivity index (χ2v) is 6.05. The Morgan fingerprint density at radius 2 is 2.10 bits per heavy atom. The lowest BCUT2D eigenvalue weighted by Gasteiger charge is -2.05. The number of hydrogen-bond donors (Lipinski definition) is 1. The van der Waals surface area contributed by atoms with Gasteiger partial charge in [0.1, 0.15) is 11.6 Å². The molecule has 20 heavy (non-hydrogen) atoms. The number of nitrogens with one attached hydrogen (secondary N) is 1. The lowest BCUT2D eigenvalue weighted by Crippen LogP contribution is -2.19. The van der Waals surface area contributed by atoms with Crippen LogP contribution in [0.25, 0.3) is 0 Å². The number of nitrogens with zero attached hydrogens (tertiary/aromatic N) is 4. The lowest BCUT2D eigenvalue weighted by molar-refractivity contribution is 0.600. The van der Waals surface area contributed by atoms with Crippen molar-refractivity contribution in [3.05, 3.63) is 41.9 Å². The van der Waals surface area contributed by atoms with Crippen LogP contribution in [0.1, 0.15) is 11.1 Å². The zero-order chi connectivity index (χ0) is 14.6. The largest absolute Gasteiger partial charge is 0.272 e. The van der Waals surface area contributed by atoms with E-state index in [4.69, 9.17) is 5.26 Å². The minimum absolute atomic E-state index is 0.0599.